The number of nitrogens with zero attached hydrogens (tertiary/aromatic N) is 2. The molecule has 0 saturated heterocycles. The molecule has 18 heavy (non-hydrogen) atoms. The van der Waals surface area contributed by atoms with Crippen LogP contribution in [-0.2, 0) is 13.5 Å². The summed E-state index contributed by atoms with van der Waals surface area (Å²) in [6, 6.07) is 5.89. The highest BCUT2D eigenvalue weighted by Gasteiger charge is 2.28. The number of hydrogen-bond acceptors (Lipinski definition) is 2. The van der Waals surface area contributed by atoms with E-state index in [9.17, 15) is 4.79 Å². The van der Waals surface area contributed by atoms with Gasteiger partial charge in [-0.2, -0.15) is 5.10 Å². The van der Waals surface area contributed by atoms with E-state index in [0.29, 0.717) is 0 Å². The van der Waals surface area contributed by atoms with Crippen LogP contribution in [0.3, 0.4) is 0 Å². The molecule has 2 heterocycles. The fourth-order valence-electron chi connectivity index (χ4n) is 3.17. The SMILES string of the molecule is Cn1c2c3c4c(cccc41)C(=O)NN=C3CCC2. The molecule has 0 spiro atoms. The lowest BCUT2D eigenvalue weighted by atomic mass is 9.92. The monoisotopic (exact) mass is 239 g/mol. The first-order chi connectivity index (χ1) is 8.77. The number of hydrogen-bond donors (Lipinski definition) is 1. The molecule has 4 nitrogen and oxygen atoms in total. The molecular formula is C14H13N3O. The minimum atomic E-state index is -0.101. The molecule has 1 aliphatic carbocycles. The van der Waals surface area contributed by atoms with E-state index in [4.69, 9.17) is 0 Å². The third-order valence-electron chi connectivity index (χ3n) is 4.00. The number of aromatic nitrogens is 1. The van der Waals surface area contributed by atoms with E-state index in [-0.39, 0.29) is 5.91 Å². The van der Waals surface area contributed by atoms with E-state index >= 15 is 0 Å². The lowest BCUT2D eigenvalue weighted by Gasteiger charge is -2.15. The quantitative estimate of drug-likeness (QED) is 0.750. The Morgan fingerprint density at radius 2 is 2.22 bits per heavy atom. The second-order valence-electron chi connectivity index (χ2n) is 4.93. The second kappa shape index (κ2) is 3.22. The first kappa shape index (κ1) is 9.88. The molecule has 1 aromatic carbocycles. The van der Waals surface area contributed by atoms with Crippen molar-refractivity contribution in [3.63, 3.8) is 0 Å². The summed E-state index contributed by atoms with van der Waals surface area (Å²) in [4.78, 5) is 12.1. The van der Waals surface area contributed by atoms with Crippen molar-refractivity contribution in [1.82, 2.24) is 9.99 Å². The van der Waals surface area contributed by atoms with Crippen LogP contribution in [0.1, 0.15) is 34.5 Å². The maximum atomic E-state index is 12.1. The number of nitrogens with one attached hydrogen (secondary N) is 1. The summed E-state index contributed by atoms with van der Waals surface area (Å²) in [6.07, 6.45) is 3.11. The highest BCUT2D eigenvalue weighted by Crippen LogP contribution is 2.34. The van der Waals surface area contributed by atoms with Crippen LogP contribution >= 0.6 is 0 Å². The minimum Gasteiger partial charge on any atom is -0.347 e. The predicted octanol–water partition coefficient (Wildman–Crippen LogP) is 1.96. The Bertz CT molecular complexity index is 724. The highest BCUT2D eigenvalue weighted by molar-refractivity contribution is 6.20. The van der Waals surface area contributed by atoms with Crippen LogP contribution in [0.15, 0.2) is 23.3 Å². The first-order valence-corrected chi connectivity index (χ1v) is 6.25. The largest absolute Gasteiger partial charge is 0.347 e. The lowest BCUT2D eigenvalue weighted by Crippen LogP contribution is -2.19. The van der Waals surface area contributed by atoms with Crippen LogP contribution < -0.4 is 5.43 Å². The number of rotatable bonds is 0. The molecule has 0 bridgehead atoms. The van der Waals surface area contributed by atoms with Crippen molar-refractivity contribution in [3.05, 3.63) is 35.0 Å². The van der Waals surface area contributed by atoms with E-state index in [1.807, 2.05) is 12.1 Å². The molecule has 2 aliphatic rings. The van der Waals surface area contributed by atoms with Gasteiger partial charge in [0, 0.05) is 29.2 Å². The van der Waals surface area contributed by atoms with Gasteiger partial charge in [-0.25, -0.2) is 5.43 Å². The van der Waals surface area contributed by atoms with Crippen molar-refractivity contribution in [3.8, 4) is 0 Å². The van der Waals surface area contributed by atoms with E-state index in [0.717, 1.165) is 41.4 Å². The van der Waals surface area contributed by atoms with E-state index < -0.39 is 0 Å². The van der Waals surface area contributed by atoms with E-state index in [1.54, 1.807) is 0 Å². The van der Waals surface area contributed by atoms with Crippen molar-refractivity contribution < 1.29 is 4.79 Å². The number of amides is 1. The molecule has 0 radical (unpaired) electrons. The summed E-state index contributed by atoms with van der Waals surface area (Å²) in [6.45, 7) is 0. The molecule has 1 aliphatic heterocycles. The molecule has 1 aromatic heterocycles. The van der Waals surface area contributed by atoms with Crippen LogP contribution in [0.5, 0.6) is 0 Å². The molecular weight excluding hydrogens is 226 g/mol. The predicted molar refractivity (Wildman–Crippen MR) is 69.9 cm³/mol. The van der Waals surface area contributed by atoms with Crippen LogP contribution in [-0.4, -0.2) is 16.2 Å². The summed E-state index contributed by atoms with van der Waals surface area (Å²) in [5.41, 5.74) is 8.05. The fraction of sp³-hybridized carbons (Fsp3) is 0.286. The van der Waals surface area contributed by atoms with Gasteiger partial charge >= 0.3 is 0 Å². The van der Waals surface area contributed by atoms with Crippen LogP contribution in [0, 0.1) is 0 Å². The van der Waals surface area contributed by atoms with Crippen LogP contribution in [0.4, 0.5) is 0 Å². The Labute approximate surface area is 104 Å². The standard InChI is InChI=1S/C14H13N3O/c1-17-10-6-2-4-8-12(10)13-9(15-16-14(8)18)5-3-7-11(13)17/h2,4,6H,3,5,7H2,1H3,(H,16,18). The van der Waals surface area contributed by atoms with Gasteiger partial charge in [0.25, 0.3) is 5.91 Å². The topological polar surface area (TPSA) is 46.4 Å². The van der Waals surface area contributed by atoms with Gasteiger partial charge in [0.15, 0.2) is 0 Å². The molecule has 1 amide bonds. The van der Waals surface area contributed by atoms with E-state index in [1.165, 1.54) is 11.3 Å². The average Bonchev–Trinajstić information content (AvgIpc) is 2.61. The van der Waals surface area contributed by atoms with Gasteiger partial charge in [0.2, 0.25) is 0 Å². The van der Waals surface area contributed by atoms with Gasteiger partial charge in [-0.1, -0.05) is 6.07 Å². The Balaban J connectivity index is 2.26. The Morgan fingerprint density at radius 1 is 1.33 bits per heavy atom. The molecule has 0 unspecified atom stereocenters. The normalized spacial score (nSPS) is 17.4. The Morgan fingerprint density at radius 3 is 3.11 bits per heavy atom. The van der Waals surface area contributed by atoms with Gasteiger partial charge in [-0.05, 0) is 31.4 Å². The smallest absolute Gasteiger partial charge is 0.272 e. The summed E-state index contributed by atoms with van der Waals surface area (Å²) in [7, 11) is 2.08. The average molecular weight is 239 g/mol. The fourth-order valence-corrected chi connectivity index (χ4v) is 3.17. The molecule has 0 saturated carbocycles. The van der Waals surface area contributed by atoms with Gasteiger partial charge in [-0.3, -0.25) is 4.79 Å². The zero-order valence-corrected chi connectivity index (χ0v) is 10.2. The van der Waals surface area contributed by atoms with Crippen LogP contribution in [0.2, 0.25) is 0 Å². The zero-order valence-electron chi connectivity index (χ0n) is 10.2. The van der Waals surface area contributed by atoms with Gasteiger partial charge in [-0.15, -0.1) is 0 Å². The number of hydrazone groups is 1. The van der Waals surface area contributed by atoms with Gasteiger partial charge in [0.05, 0.1) is 11.3 Å². The summed E-state index contributed by atoms with van der Waals surface area (Å²) < 4.78 is 2.21. The Kier molecular flexibility index (Phi) is 1.77. The van der Waals surface area contributed by atoms with Gasteiger partial charge < -0.3 is 4.57 Å². The first-order valence-electron chi connectivity index (χ1n) is 6.25. The second-order valence-corrected chi connectivity index (χ2v) is 4.93. The minimum absolute atomic E-state index is 0.101. The molecule has 2 aromatic rings. The van der Waals surface area contributed by atoms with Crippen molar-refractivity contribution in [1.29, 1.82) is 0 Å². The number of benzene rings is 1. The highest BCUT2D eigenvalue weighted by atomic mass is 16.2. The van der Waals surface area contributed by atoms with Gasteiger partial charge in [0.1, 0.15) is 0 Å². The number of aryl methyl sites for hydroxylation is 1. The molecule has 0 fully saturated rings. The third kappa shape index (κ3) is 1.05. The maximum absolute atomic E-state index is 12.1. The summed E-state index contributed by atoms with van der Waals surface area (Å²) >= 11 is 0. The third-order valence-corrected chi connectivity index (χ3v) is 4.00. The molecule has 90 valence electrons. The molecule has 4 rings (SSSR count). The Hall–Kier alpha value is -2.10. The van der Waals surface area contributed by atoms with Crippen molar-refractivity contribution in [2.75, 3.05) is 0 Å². The van der Waals surface area contributed by atoms with Crippen molar-refractivity contribution >= 4 is 22.5 Å². The maximum Gasteiger partial charge on any atom is 0.272 e. The number of carbonyl (C=O) groups excluding carboxylic acids is 1. The molecule has 4 heteroatoms. The molecule has 1 N–H and O–H groups in total. The molecule has 0 atom stereocenters. The zero-order chi connectivity index (χ0) is 12.3. The van der Waals surface area contributed by atoms with E-state index in [2.05, 4.69) is 28.2 Å². The lowest BCUT2D eigenvalue weighted by molar-refractivity contribution is 0.0957. The number of carbonyl (C=O) groups is 1. The van der Waals surface area contributed by atoms with Crippen LogP contribution in [0.25, 0.3) is 10.9 Å². The van der Waals surface area contributed by atoms with Crippen molar-refractivity contribution in [2.45, 2.75) is 19.3 Å². The summed E-state index contributed by atoms with van der Waals surface area (Å²) in [5, 5.41) is 5.36. The summed E-state index contributed by atoms with van der Waals surface area (Å²) in [5.74, 6) is -0.101. The van der Waals surface area contributed by atoms with Crippen molar-refractivity contribution in [2.24, 2.45) is 12.1 Å².